The predicted molar refractivity (Wildman–Crippen MR) is 78.2 cm³/mol. The van der Waals surface area contributed by atoms with E-state index < -0.39 is 5.60 Å². The van der Waals surface area contributed by atoms with E-state index in [9.17, 15) is 4.79 Å². The third kappa shape index (κ3) is 6.28. The first-order valence-electron chi connectivity index (χ1n) is 6.78. The average Bonchev–Trinajstić information content (AvgIpc) is 2.75. The molecule has 0 atom stereocenters. The maximum Gasteiger partial charge on any atom is 0.407 e. The van der Waals surface area contributed by atoms with E-state index in [0.29, 0.717) is 6.54 Å². The van der Waals surface area contributed by atoms with Crippen molar-refractivity contribution in [2.24, 2.45) is 0 Å². The molecule has 0 aliphatic carbocycles. The van der Waals surface area contributed by atoms with Crippen LogP contribution in [0.4, 0.5) is 4.79 Å². The summed E-state index contributed by atoms with van der Waals surface area (Å²) in [6.07, 6.45) is 4.74. The van der Waals surface area contributed by atoms with Crippen LogP contribution in [-0.2, 0) is 17.7 Å². The number of rotatable bonds is 5. The number of nitrogens with zero attached hydrogens (tertiary/aromatic N) is 2. The van der Waals surface area contributed by atoms with Gasteiger partial charge in [0.15, 0.2) is 0 Å². The fourth-order valence-electron chi connectivity index (χ4n) is 1.67. The van der Waals surface area contributed by atoms with Gasteiger partial charge in [0, 0.05) is 37.8 Å². The maximum atomic E-state index is 11.5. The standard InChI is InChI=1S/C15H23N3O2/c1-5-6-7-10-18-12-16-11-13(18)8-9-17-14(19)20-15(2,3)4/h11-12H,7-10H2,1-4H3,(H,17,19). The van der Waals surface area contributed by atoms with E-state index in [1.165, 1.54) is 0 Å². The molecule has 1 amide bonds. The lowest BCUT2D eigenvalue weighted by Gasteiger charge is -2.19. The molecule has 0 radical (unpaired) electrons. The molecule has 0 unspecified atom stereocenters. The van der Waals surface area contributed by atoms with Gasteiger partial charge in [0.25, 0.3) is 0 Å². The summed E-state index contributed by atoms with van der Waals surface area (Å²) in [5, 5.41) is 2.74. The monoisotopic (exact) mass is 277 g/mol. The van der Waals surface area contributed by atoms with E-state index in [2.05, 4.69) is 26.7 Å². The van der Waals surface area contributed by atoms with Gasteiger partial charge in [0.05, 0.1) is 6.33 Å². The Morgan fingerprint density at radius 2 is 2.25 bits per heavy atom. The molecule has 0 saturated carbocycles. The van der Waals surface area contributed by atoms with Crippen LogP contribution in [0.1, 0.15) is 39.8 Å². The lowest BCUT2D eigenvalue weighted by molar-refractivity contribution is 0.0528. The Morgan fingerprint density at radius 1 is 1.50 bits per heavy atom. The van der Waals surface area contributed by atoms with Gasteiger partial charge in [-0.15, -0.1) is 11.8 Å². The summed E-state index contributed by atoms with van der Waals surface area (Å²) < 4.78 is 7.23. The molecule has 1 N–H and O–H groups in total. The lowest BCUT2D eigenvalue weighted by atomic mass is 10.2. The highest BCUT2D eigenvalue weighted by atomic mass is 16.6. The molecule has 1 heterocycles. The first kappa shape index (κ1) is 16.1. The fraction of sp³-hybridized carbons (Fsp3) is 0.600. The summed E-state index contributed by atoms with van der Waals surface area (Å²) in [6, 6.07) is 0. The molecule has 110 valence electrons. The summed E-state index contributed by atoms with van der Waals surface area (Å²) >= 11 is 0. The number of hydrogen-bond acceptors (Lipinski definition) is 3. The summed E-state index contributed by atoms with van der Waals surface area (Å²) in [4.78, 5) is 15.6. The number of alkyl carbamates (subject to hydrolysis) is 1. The number of aromatic nitrogens is 2. The average molecular weight is 277 g/mol. The molecule has 1 rings (SSSR count). The van der Waals surface area contributed by atoms with Crippen molar-refractivity contribution in [1.82, 2.24) is 14.9 Å². The molecular weight excluding hydrogens is 254 g/mol. The number of aryl methyl sites for hydroxylation is 1. The van der Waals surface area contributed by atoms with E-state index in [1.807, 2.05) is 33.9 Å². The quantitative estimate of drug-likeness (QED) is 0.841. The van der Waals surface area contributed by atoms with Crippen molar-refractivity contribution in [3.8, 4) is 11.8 Å². The number of carbonyl (C=O) groups excluding carboxylic acids is 1. The van der Waals surface area contributed by atoms with E-state index in [4.69, 9.17) is 4.74 Å². The lowest BCUT2D eigenvalue weighted by Crippen LogP contribution is -2.33. The van der Waals surface area contributed by atoms with Crippen molar-refractivity contribution >= 4 is 6.09 Å². The fourth-order valence-corrected chi connectivity index (χ4v) is 1.67. The highest BCUT2D eigenvalue weighted by molar-refractivity contribution is 5.67. The summed E-state index contributed by atoms with van der Waals surface area (Å²) in [5.41, 5.74) is 0.615. The Morgan fingerprint density at radius 3 is 2.90 bits per heavy atom. The number of ether oxygens (including phenoxy) is 1. The van der Waals surface area contributed by atoms with Gasteiger partial charge in [-0.3, -0.25) is 0 Å². The van der Waals surface area contributed by atoms with E-state index in [1.54, 1.807) is 6.33 Å². The van der Waals surface area contributed by atoms with Gasteiger partial charge in [0.1, 0.15) is 5.60 Å². The van der Waals surface area contributed by atoms with Gasteiger partial charge >= 0.3 is 6.09 Å². The molecule has 0 fully saturated rings. The van der Waals surface area contributed by atoms with Crippen LogP contribution < -0.4 is 5.32 Å². The topological polar surface area (TPSA) is 56.2 Å². The summed E-state index contributed by atoms with van der Waals surface area (Å²) in [7, 11) is 0. The minimum absolute atomic E-state index is 0.389. The third-order valence-corrected chi connectivity index (χ3v) is 2.50. The maximum absolute atomic E-state index is 11.5. The molecule has 1 aromatic rings. The molecule has 5 heteroatoms. The highest BCUT2D eigenvalue weighted by Crippen LogP contribution is 2.06. The smallest absolute Gasteiger partial charge is 0.407 e. The highest BCUT2D eigenvalue weighted by Gasteiger charge is 2.15. The van der Waals surface area contributed by atoms with Gasteiger partial charge in [-0.05, 0) is 27.7 Å². The zero-order chi connectivity index (χ0) is 15.0. The number of hydrogen-bond donors (Lipinski definition) is 1. The van der Waals surface area contributed by atoms with E-state index in [-0.39, 0.29) is 6.09 Å². The SMILES string of the molecule is CC#CCCn1cncc1CCNC(=O)OC(C)(C)C. The molecule has 0 spiro atoms. The van der Waals surface area contributed by atoms with Crippen LogP contribution in [0.3, 0.4) is 0 Å². The van der Waals surface area contributed by atoms with Crippen molar-refractivity contribution in [3.63, 3.8) is 0 Å². The molecule has 0 bridgehead atoms. The largest absolute Gasteiger partial charge is 0.444 e. The van der Waals surface area contributed by atoms with E-state index >= 15 is 0 Å². The molecule has 0 aliphatic heterocycles. The molecule has 0 aromatic carbocycles. The van der Waals surface area contributed by atoms with Crippen LogP contribution >= 0.6 is 0 Å². The van der Waals surface area contributed by atoms with Crippen molar-refractivity contribution in [2.45, 2.75) is 52.7 Å². The third-order valence-electron chi connectivity index (χ3n) is 2.50. The Kier molecular flexibility index (Phi) is 6.10. The second-order valence-corrected chi connectivity index (χ2v) is 5.43. The molecule has 0 aliphatic rings. The minimum atomic E-state index is -0.468. The van der Waals surface area contributed by atoms with Crippen molar-refractivity contribution in [3.05, 3.63) is 18.2 Å². The van der Waals surface area contributed by atoms with Crippen molar-refractivity contribution in [2.75, 3.05) is 6.54 Å². The van der Waals surface area contributed by atoms with Gasteiger partial charge in [-0.25, -0.2) is 9.78 Å². The summed E-state index contributed by atoms with van der Waals surface area (Å²) in [5.74, 6) is 5.90. The zero-order valence-electron chi connectivity index (χ0n) is 12.7. The van der Waals surface area contributed by atoms with Gasteiger partial charge in [-0.2, -0.15) is 0 Å². The number of amides is 1. The molecule has 20 heavy (non-hydrogen) atoms. The van der Waals surface area contributed by atoms with Gasteiger partial charge < -0.3 is 14.6 Å². The first-order chi connectivity index (χ1) is 9.42. The van der Waals surface area contributed by atoms with Crippen LogP contribution in [-0.4, -0.2) is 27.8 Å². The second kappa shape index (κ2) is 7.59. The van der Waals surface area contributed by atoms with Crippen LogP contribution in [0.15, 0.2) is 12.5 Å². The molecule has 5 nitrogen and oxygen atoms in total. The number of imidazole rings is 1. The Hall–Kier alpha value is -1.96. The number of nitrogens with one attached hydrogen (secondary N) is 1. The van der Waals surface area contributed by atoms with E-state index in [0.717, 1.165) is 25.1 Å². The predicted octanol–water partition coefficient (Wildman–Crippen LogP) is 2.36. The molecule has 1 aromatic heterocycles. The molecular formula is C15H23N3O2. The number of carbonyl (C=O) groups is 1. The van der Waals surface area contributed by atoms with Crippen LogP contribution in [0.2, 0.25) is 0 Å². The van der Waals surface area contributed by atoms with Crippen LogP contribution in [0, 0.1) is 11.8 Å². The molecule has 0 saturated heterocycles. The van der Waals surface area contributed by atoms with Gasteiger partial charge in [0.2, 0.25) is 0 Å². The zero-order valence-corrected chi connectivity index (χ0v) is 12.7. The Balaban J connectivity index is 2.36. The van der Waals surface area contributed by atoms with Crippen molar-refractivity contribution < 1.29 is 9.53 Å². The Bertz CT molecular complexity index is 489. The normalized spacial score (nSPS) is 10.6. The van der Waals surface area contributed by atoms with Crippen LogP contribution in [0.25, 0.3) is 0 Å². The minimum Gasteiger partial charge on any atom is -0.444 e. The second-order valence-electron chi connectivity index (χ2n) is 5.43. The summed E-state index contributed by atoms with van der Waals surface area (Å²) in [6.45, 7) is 8.71. The van der Waals surface area contributed by atoms with Crippen LogP contribution in [0.5, 0.6) is 0 Å². The Labute approximate surface area is 120 Å². The van der Waals surface area contributed by atoms with Crippen molar-refractivity contribution in [1.29, 1.82) is 0 Å². The first-order valence-corrected chi connectivity index (χ1v) is 6.78. The van der Waals surface area contributed by atoms with Gasteiger partial charge in [-0.1, -0.05) is 0 Å².